The van der Waals surface area contributed by atoms with Gasteiger partial charge in [0.2, 0.25) is 0 Å². The Morgan fingerprint density at radius 1 is 1.25 bits per heavy atom. The molecule has 1 fully saturated rings. The molecule has 0 aliphatic carbocycles. The normalized spacial score (nSPS) is 20.6. The van der Waals surface area contributed by atoms with E-state index < -0.39 is 0 Å². The van der Waals surface area contributed by atoms with Crippen LogP contribution >= 0.6 is 0 Å². The predicted molar refractivity (Wildman–Crippen MR) is 66.2 cm³/mol. The molecular weight excluding hydrogens is 200 g/mol. The van der Waals surface area contributed by atoms with Crippen LogP contribution in [0, 0.1) is 0 Å². The molecule has 1 aliphatic rings. The fraction of sp³-hybridized carbons (Fsp3) is 0.786. The number of cyclic esters (lactones) is 1. The molecule has 1 aliphatic heterocycles. The van der Waals surface area contributed by atoms with Crippen molar-refractivity contribution in [2.45, 2.75) is 70.8 Å². The maximum atomic E-state index is 10.8. The molecule has 0 aromatic heterocycles. The van der Waals surface area contributed by atoms with Crippen molar-refractivity contribution in [2.24, 2.45) is 0 Å². The van der Waals surface area contributed by atoms with Crippen LogP contribution in [0.25, 0.3) is 0 Å². The van der Waals surface area contributed by atoms with Crippen molar-refractivity contribution >= 4 is 5.97 Å². The van der Waals surface area contributed by atoms with E-state index in [0.29, 0.717) is 6.42 Å². The van der Waals surface area contributed by atoms with Crippen LogP contribution in [0.5, 0.6) is 0 Å². The van der Waals surface area contributed by atoms with Crippen molar-refractivity contribution in [3.8, 4) is 0 Å². The van der Waals surface area contributed by atoms with Gasteiger partial charge in [0.05, 0.1) is 0 Å². The van der Waals surface area contributed by atoms with Gasteiger partial charge in [0, 0.05) is 6.42 Å². The zero-order valence-corrected chi connectivity index (χ0v) is 10.4. The Morgan fingerprint density at radius 3 is 2.69 bits per heavy atom. The lowest BCUT2D eigenvalue weighted by molar-refractivity contribution is -0.139. The zero-order chi connectivity index (χ0) is 11.6. The second kappa shape index (κ2) is 8.37. The minimum atomic E-state index is -0.0470. The van der Waals surface area contributed by atoms with Gasteiger partial charge in [0.15, 0.2) is 0 Å². The highest BCUT2D eigenvalue weighted by atomic mass is 16.5. The van der Waals surface area contributed by atoms with Crippen molar-refractivity contribution in [3.63, 3.8) is 0 Å². The molecule has 0 aromatic carbocycles. The number of esters is 1. The van der Waals surface area contributed by atoms with Gasteiger partial charge in [-0.2, -0.15) is 0 Å². The number of allylic oxidation sites excluding steroid dienone is 1. The lowest BCUT2D eigenvalue weighted by Gasteiger charge is -2.01. The first kappa shape index (κ1) is 13.3. The molecule has 16 heavy (non-hydrogen) atoms. The van der Waals surface area contributed by atoms with E-state index in [0.717, 1.165) is 12.8 Å². The topological polar surface area (TPSA) is 26.3 Å². The smallest absolute Gasteiger partial charge is 0.306 e. The number of carbonyl (C=O) groups excluding carboxylic acids is 1. The summed E-state index contributed by atoms with van der Waals surface area (Å²) in [6.07, 6.45) is 14.9. The number of rotatable bonds is 8. The Morgan fingerprint density at radius 2 is 2.00 bits per heavy atom. The highest BCUT2D eigenvalue weighted by Crippen LogP contribution is 2.15. The summed E-state index contributed by atoms with van der Waals surface area (Å²) >= 11 is 0. The molecule has 0 saturated carbocycles. The second-order valence-corrected chi connectivity index (χ2v) is 4.55. The minimum Gasteiger partial charge on any atom is -0.458 e. The van der Waals surface area contributed by atoms with Crippen LogP contribution in [0.15, 0.2) is 12.2 Å². The Kier molecular flexibility index (Phi) is 6.95. The number of carbonyl (C=O) groups is 1. The Balaban J connectivity index is 1.90. The molecule has 0 amide bonds. The van der Waals surface area contributed by atoms with Crippen molar-refractivity contribution in [3.05, 3.63) is 12.2 Å². The highest BCUT2D eigenvalue weighted by Gasteiger charge is 2.19. The molecule has 2 heteroatoms. The van der Waals surface area contributed by atoms with Gasteiger partial charge in [-0.3, -0.25) is 4.79 Å². The van der Waals surface area contributed by atoms with Gasteiger partial charge in [-0.1, -0.05) is 45.1 Å². The van der Waals surface area contributed by atoms with Crippen LogP contribution in [0.2, 0.25) is 0 Å². The average molecular weight is 224 g/mol. The third-order valence-corrected chi connectivity index (χ3v) is 2.99. The fourth-order valence-corrected chi connectivity index (χ4v) is 1.97. The molecule has 1 atom stereocenters. The zero-order valence-electron chi connectivity index (χ0n) is 10.4. The first-order valence-corrected chi connectivity index (χ1v) is 6.69. The first-order valence-electron chi connectivity index (χ1n) is 6.69. The molecule has 0 radical (unpaired) electrons. The SMILES string of the molecule is CCCCCCCC/C=C/C1CCC(=O)O1. The van der Waals surface area contributed by atoms with Crippen LogP contribution in [0.4, 0.5) is 0 Å². The Bertz CT molecular complexity index is 221. The first-order chi connectivity index (χ1) is 7.83. The molecule has 2 nitrogen and oxygen atoms in total. The van der Waals surface area contributed by atoms with E-state index in [1.807, 2.05) is 0 Å². The Labute approximate surface area is 99.1 Å². The third-order valence-electron chi connectivity index (χ3n) is 2.99. The molecule has 0 bridgehead atoms. The highest BCUT2D eigenvalue weighted by molar-refractivity contribution is 5.71. The van der Waals surface area contributed by atoms with Crippen molar-refractivity contribution in [1.29, 1.82) is 0 Å². The monoisotopic (exact) mass is 224 g/mol. The van der Waals surface area contributed by atoms with E-state index in [9.17, 15) is 4.79 Å². The Hall–Kier alpha value is -0.790. The maximum absolute atomic E-state index is 10.8. The van der Waals surface area contributed by atoms with Crippen molar-refractivity contribution in [1.82, 2.24) is 0 Å². The molecule has 1 unspecified atom stereocenters. The lowest BCUT2D eigenvalue weighted by Crippen LogP contribution is -2.01. The second-order valence-electron chi connectivity index (χ2n) is 4.55. The summed E-state index contributed by atoms with van der Waals surface area (Å²) in [5.74, 6) is -0.0470. The van der Waals surface area contributed by atoms with Crippen molar-refractivity contribution < 1.29 is 9.53 Å². The van der Waals surface area contributed by atoms with Crippen LogP contribution in [0.1, 0.15) is 64.7 Å². The summed E-state index contributed by atoms with van der Waals surface area (Å²) in [6, 6.07) is 0. The van der Waals surface area contributed by atoms with Gasteiger partial charge in [0.25, 0.3) is 0 Å². The maximum Gasteiger partial charge on any atom is 0.306 e. The number of hydrogen-bond donors (Lipinski definition) is 0. The van der Waals surface area contributed by atoms with E-state index in [2.05, 4.69) is 19.1 Å². The number of unbranched alkanes of at least 4 members (excludes halogenated alkanes) is 6. The van der Waals surface area contributed by atoms with Crippen LogP contribution < -0.4 is 0 Å². The lowest BCUT2D eigenvalue weighted by atomic mass is 10.1. The molecule has 1 rings (SSSR count). The van der Waals surface area contributed by atoms with E-state index in [1.54, 1.807) is 0 Å². The summed E-state index contributed by atoms with van der Waals surface area (Å²) in [5.41, 5.74) is 0. The average Bonchev–Trinajstić information content (AvgIpc) is 2.68. The molecule has 1 saturated heterocycles. The number of hydrogen-bond acceptors (Lipinski definition) is 2. The summed E-state index contributed by atoms with van der Waals surface area (Å²) in [6.45, 7) is 2.24. The van der Waals surface area contributed by atoms with Gasteiger partial charge in [-0.05, 0) is 25.3 Å². The summed E-state index contributed by atoms with van der Waals surface area (Å²) in [7, 11) is 0. The molecular formula is C14H24O2. The standard InChI is InChI=1S/C14H24O2/c1-2-3-4-5-6-7-8-9-10-13-11-12-14(15)16-13/h9-10,13H,2-8,11-12H2,1H3/b10-9+. The van der Waals surface area contributed by atoms with E-state index in [-0.39, 0.29) is 12.1 Å². The minimum absolute atomic E-state index is 0.0470. The van der Waals surface area contributed by atoms with Crippen LogP contribution in [-0.4, -0.2) is 12.1 Å². The number of ether oxygens (including phenoxy) is 1. The largest absolute Gasteiger partial charge is 0.458 e. The van der Waals surface area contributed by atoms with Crippen LogP contribution in [0.3, 0.4) is 0 Å². The van der Waals surface area contributed by atoms with Crippen molar-refractivity contribution in [2.75, 3.05) is 0 Å². The summed E-state index contributed by atoms with van der Waals surface area (Å²) in [5, 5.41) is 0. The van der Waals surface area contributed by atoms with E-state index >= 15 is 0 Å². The van der Waals surface area contributed by atoms with E-state index in [4.69, 9.17) is 4.74 Å². The summed E-state index contributed by atoms with van der Waals surface area (Å²) < 4.78 is 5.10. The third kappa shape index (κ3) is 5.94. The quantitative estimate of drug-likeness (QED) is 0.354. The molecule has 0 spiro atoms. The summed E-state index contributed by atoms with van der Waals surface area (Å²) in [4.78, 5) is 10.8. The van der Waals surface area contributed by atoms with E-state index in [1.165, 1.54) is 38.5 Å². The van der Waals surface area contributed by atoms with Gasteiger partial charge in [-0.15, -0.1) is 0 Å². The van der Waals surface area contributed by atoms with Crippen LogP contribution in [-0.2, 0) is 9.53 Å². The molecule has 0 aromatic rings. The van der Waals surface area contributed by atoms with Gasteiger partial charge in [-0.25, -0.2) is 0 Å². The predicted octanol–water partition coefficient (Wildman–Crippen LogP) is 4.00. The molecule has 1 heterocycles. The van der Waals surface area contributed by atoms with Gasteiger partial charge in [0.1, 0.15) is 6.10 Å². The molecule has 0 N–H and O–H groups in total. The van der Waals surface area contributed by atoms with Gasteiger partial charge >= 0.3 is 5.97 Å². The van der Waals surface area contributed by atoms with Gasteiger partial charge < -0.3 is 4.74 Å². The fourth-order valence-electron chi connectivity index (χ4n) is 1.97. The molecule has 92 valence electrons.